The summed E-state index contributed by atoms with van der Waals surface area (Å²) in [6, 6.07) is 0. The highest BCUT2D eigenvalue weighted by molar-refractivity contribution is 5.73. The molecule has 0 N–H and O–H groups in total. The molecular weight excluding hydrogens is 130 g/mol. The van der Waals surface area contributed by atoms with E-state index in [1.807, 2.05) is 4.90 Å². The van der Waals surface area contributed by atoms with Gasteiger partial charge in [0.1, 0.15) is 6.10 Å². The van der Waals surface area contributed by atoms with Gasteiger partial charge >= 0.3 is 0 Å². The number of amides is 1. The van der Waals surface area contributed by atoms with Crippen LogP contribution >= 0.6 is 0 Å². The van der Waals surface area contributed by atoms with Crippen LogP contribution < -0.4 is 0 Å². The van der Waals surface area contributed by atoms with Gasteiger partial charge in [-0.1, -0.05) is 0 Å². The second-order valence-electron chi connectivity index (χ2n) is 2.97. The molecule has 10 heavy (non-hydrogen) atoms. The van der Waals surface area contributed by atoms with Gasteiger partial charge in [-0.05, 0) is 6.42 Å². The molecule has 0 saturated carbocycles. The van der Waals surface area contributed by atoms with E-state index >= 15 is 0 Å². The van der Waals surface area contributed by atoms with E-state index in [2.05, 4.69) is 0 Å². The van der Waals surface area contributed by atoms with Crippen molar-refractivity contribution in [3.63, 3.8) is 0 Å². The minimum Gasteiger partial charge on any atom is -0.368 e. The van der Waals surface area contributed by atoms with Gasteiger partial charge in [-0.15, -0.1) is 0 Å². The zero-order valence-corrected chi connectivity index (χ0v) is 6.04. The van der Waals surface area contributed by atoms with Crippen LogP contribution in [0.3, 0.4) is 0 Å². The van der Waals surface area contributed by atoms with Crippen LogP contribution in [0, 0.1) is 0 Å². The Labute approximate surface area is 60.0 Å². The number of epoxide rings is 1. The molecule has 2 aliphatic rings. The van der Waals surface area contributed by atoms with Crippen LogP contribution in [0.15, 0.2) is 0 Å². The van der Waals surface area contributed by atoms with Crippen LogP contribution in [0.25, 0.3) is 0 Å². The highest BCUT2D eigenvalue weighted by Gasteiger charge is 2.43. The summed E-state index contributed by atoms with van der Waals surface area (Å²) in [5.41, 5.74) is 0. The molecule has 2 rings (SSSR count). The molecule has 0 aromatic carbocycles. The SMILES string of the molecule is CC(=O)N1CC[C@@H]2O[C@H]2C1. The fraction of sp³-hybridized carbons (Fsp3) is 0.857. The molecule has 0 aromatic heterocycles. The Kier molecular flexibility index (Phi) is 1.20. The molecule has 0 unspecified atom stereocenters. The van der Waals surface area contributed by atoms with Crippen molar-refractivity contribution in [1.82, 2.24) is 4.90 Å². The molecule has 0 aromatic rings. The standard InChI is InChI=1S/C7H11NO2/c1-5(9)8-3-2-6-7(4-8)10-6/h6-7H,2-4H2,1H3/t6-,7-/m0/s1. The second kappa shape index (κ2) is 1.95. The zero-order valence-electron chi connectivity index (χ0n) is 6.04. The smallest absolute Gasteiger partial charge is 0.219 e. The molecule has 0 aliphatic carbocycles. The van der Waals surface area contributed by atoms with Gasteiger partial charge in [-0.25, -0.2) is 0 Å². The monoisotopic (exact) mass is 141 g/mol. The number of carbonyl (C=O) groups is 1. The van der Waals surface area contributed by atoms with E-state index in [0.717, 1.165) is 19.5 Å². The fourth-order valence-electron chi connectivity index (χ4n) is 1.47. The highest BCUT2D eigenvalue weighted by atomic mass is 16.6. The maximum Gasteiger partial charge on any atom is 0.219 e. The van der Waals surface area contributed by atoms with Gasteiger partial charge in [0.15, 0.2) is 0 Å². The summed E-state index contributed by atoms with van der Waals surface area (Å²) in [6.45, 7) is 3.32. The summed E-state index contributed by atoms with van der Waals surface area (Å²) >= 11 is 0. The Morgan fingerprint density at radius 1 is 1.60 bits per heavy atom. The predicted octanol–water partition coefficient (Wildman–Crippen LogP) is 0.00600. The molecule has 2 saturated heterocycles. The van der Waals surface area contributed by atoms with Crippen LogP contribution in [0.4, 0.5) is 0 Å². The summed E-state index contributed by atoms with van der Waals surface area (Å²) in [5, 5.41) is 0. The molecule has 56 valence electrons. The molecule has 2 fully saturated rings. The van der Waals surface area contributed by atoms with Crippen LogP contribution in [-0.4, -0.2) is 36.1 Å². The van der Waals surface area contributed by atoms with Crippen LogP contribution in [0.1, 0.15) is 13.3 Å². The molecular formula is C7H11NO2. The van der Waals surface area contributed by atoms with Crippen LogP contribution in [-0.2, 0) is 9.53 Å². The molecule has 3 nitrogen and oxygen atoms in total. The van der Waals surface area contributed by atoms with E-state index in [1.54, 1.807) is 6.92 Å². The maximum absolute atomic E-state index is 10.8. The van der Waals surface area contributed by atoms with Crippen molar-refractivity contribution in [2.24, 2.45) is 0 Å². The third kappa shape index (κ3) is 0.904. The minimum atomic E-state index is 0.175. The second-order valence-corrected chi connectivity index (χ2v) is 2.97. The number of hydrogen-bond donors (Lipinski definition) is 0. The average Bonchev–Trinajstić information content (AvgIpc) is 2.63. The Balaban J connectivity index is 1.94. The van der Waals surface area contributed by atoms with Crippen molar-refractivity contribution in [1.29, 1.82) is 0 Å². The first-order valence-electron chi connectivity index (χ1n) is 3.68. The van der Waals surface area contributed by atoms with E-state index in [0.29, 0.717) is 12.2 Å². The molecule has 0 radical (unpaired) electrons. The van der Waals surface area contributed by atoms with Crippen molar-refractivity contribution in [3.8, 4) is 0 Å². The first-order chi connectivity index (χ1) is 4.77. The molecule has 2 heterocycles. The van der Waals surface area contributed by atoms with Crippen molar-refractivity contribution in [2.75, 3.05) is 13.1 Å². The van der Waals surface area contributed by atoms with Crippen molar-refractivity contribution >= 4 is 5.91 Å². The Morgan fingerprint density at radius 2 is 2.40 bits per heavy atom. The van der Waals surface area contributed by atoms with Crippen molar-refractivity contribution < 1.29 is 9.53 Å². The third-order valence-electron chi connectivity index (χ3n) is 2.22. The van der Waals surface area contributed by atoms with Crippen LogP contribution in [0.2, 0.25) is 0 Å². The summed E-state index contributed by atoms with van der Waals surface area (Å²) in [5.74, 6) is 0.175. The van der Waals surface area contributed by atoms with Gasteiger partial charge < -0.3 is 9.64 Å². The number of nitrogens with zero attached hydrogens (tertiary/aromatic N) is 1. The highest BCUT2D eigenvalue weighted by Crippen LogP contribution is 2.30. The van der Waals surface area contributed by atoms with Crippen molar-refractivity contribution in [2.45, 2.75) is 25.6 Å². The Bertz CT molecular complexity index is 169. The van der Waals surface area contributed by atoms with Gasteiger partial charge in [-0.2, -0.15) is 0 Å². The van der Waals surface area contributed by atoms with Gasteiger partial charge in [0, 0.05) is 20.0 Å². The summed E-state index contributed by atoms with van der Waals surface area (Å²) in [6.07, 6.45) is 1.89. The lowest BCUT2D eigenvalue weighted by Crippen LogP contribution is -2.37. The van der Waals surface area contributed by atoms with Gasteiger partial charge in [0.2, 0.25) is 5.91 Å². The molecule has 2 atom stereocenters. The summed E-state index contributed by atoms with van der Waals surface area (Å²) in [4.78, 5) is 12.7. The summed E-state index contributed by atoms with van der Waals surface area (Å²) in [7, 11) is 0. The van der Waals surface area contributed by atoms with Crippen LogP contribution in [0.5, 0.6) is 0 Å². The van der Waals surface area contributed by atoms with Gasteiger partial charge in [0.05, 0.1) is 6.10 Å². The first kappa shape index (κ1) is 6.16. The molecule has 0 spiro atoms. The fourth-order valence-corrected chi connectivity index (χ4v) is 1.47. The predicted molar refractivity (Wildman–Crippen MR) is 35.5 cm³/mol. The van der Waals surface area contributed by atoms with Gasteiger partial charge in [-0.3, -0.25) is 4.79 Å². The number of rotatable bonds is 0. The Morgan fingerprint density at radius 3 is 3.00 bits per heavy atom. The normalized spacial score (nSPS) is 37.1. The van der Waals surface area contributed by atoms with Crippen molar-refractivity contribution in [3.05, 3.63) is 0 Å². The van der Waals surface area contributed by atoms with E-state index in [-0.39, 0.29) is 5.91 Å². The molecule has 3 heteroatoms. The van der Waals surface area contributed by atoms with E-state index < -0.39 is 0 Å². The zero-order chi connectivity index (χ0) is 7.14. The molecule has 2 aliphatic heterocycles. The quantitative estimate of drug-likeness (QED) is 0.445. The summed E-state index contributed by atoms with van der Waals surface area (Å²) < 4.78 is 5.26. The number of hydrogen-bond acceptors (Lipinski definition) is 2. The molecule has 1 amide bonds. The minimum absolute atomic E-state index is 0.175. The number of carbonyl (C=O) groups excluding carboxylic acids is 1. The number of ether oxygens (including phenoxy) is 1. The lowest BCUT2D eigenvalue weighted by Gasteiger charge is -2.22. The largest absolute Gasteiger partial charge is 0.368 e. The number of likely N-dealkylation sites (tertiary alicyclic amines) is 1. The topological polar surface area (TPSA) is 32.8 Å². The third-order valence-corrected chi connectivity index (χ3v) is 2.22. The molecule has 0 bridgehead atoms. The lowest BCUT2D eigenvalue weighted by molar-refractivity contribution is -0.129. The average molecular weight is 141 g/mol. The van der Waals surface area contributed by atoms with Gasteiger partial charge in [0.25, 0.3) is 0 Å². The van der Waals surface area contributed by atoms with E-state index in [4.69, 9.17) is 4.74 Å². The number of piperidine rings is 1. The lowest BCUT2D eigenvalue weighted by atomic mass is 10.1. The first-order valence-corrected chi connectivity index (χ1v) is 3.68. The maximum atomic E-state index is 10.8. The number of fused-ring (bicyclic) bond motifs is 1. The van der Waals surface area contributed by atoms with E-state index in [9.17, 15) is 4.79 Å². The van der Waals surface area contributed by atoms with E-state index in [1.165, 1.54) is 0 Å². The Hall–Kier alpha value is -0.570.